The van der Waals surface area contributed by atoms with E-state index in [9.17, 15) is 45.3 Å². The van der Waals surface area contributed by atoms with Crippen LogP contribution in [0.2, 0.25) is 0 Å². The second-order valence-electron chi connectivity index (χ2n) is 9.66. The first-order valence-corrected chi connectivity index (χ1v) is 12.8. The molecule has 1 aliphatic rings. The van der Waals surface area contributed by atoms with E-state index in [0.717, 1.165) is 12.1 Å². The monoisotopic (exact) mass is 594 g/mol. The summed E-state index contributed by atoms with van der Waals surface area (Å²) in [6, 6.07) is 13.6. The van der Waals surface area contributed by atoms with Gasteiger partial charge in [-0.2, -0.15) is 0 Å². The molecular weight excluding hydrogens is 568 g/mol. The predicted molar refractivity (Wildman–Crippen MR) is 148 cm³/mol. The van der Waals surface area contributed by atoms with Gasteiger partial charge in [0.05, 0.1) is 0 Å². The molecule has 1 aliphatic heterocycles. The van der Waals surface area contributed by atoms with Crippen LogP contribution in [0.25, 0.3) is 28.4 Å². The molecule has 13 nitrogen and oxygen atoms in total. The first-order valence-electron chi connectivity index (χ1n) is 12.8. The Hall–Kier alpha value is -5.08. The SMILES string of the molecule is O=C(/C=C/c1ccc(O)cc1)OC[C@H]1O[C@@H](Oc2cc(O)c3c(=O)c(O)c(-c4ccc(O)cc4)oc3c2)[C@H](O)[C@@H](O)[C@@H]1O. The number of aliphatic hydroxyl groups is 3. The minimum atomic E-state index is -1.78. The number of benzene rings is 3. The smallest absolute Gasteiger partial charge is 0.330 e. The molecule has 0 saturated carbocycles. The number of aromatic hydroxyl groups is 4. The summed E-state index contributed by atoms with van der Waals surface area (Å²) in [5, 5.41) is 70.7. The van der Waals surface area contributed by atoms with Crippen molar-refractivity contribution in [1.82, 2.24) is 0 Å². The Labute approximate surface area is 242 Å². The van der Waals surface area contributed by atoms with Crippen LogP contribution in [0.5, 0.6) is 28.7 Å². The van der Waals surface area contributed by atoms with Gasteiger partial charge in [-0.1, -0.05) is 12.1 Å². The topological polar surface area (TPSA) is 217 Å². The number of phenols is 3. The standard InChI is InChI=1S/C30H26O13/c31-16-6-1-14(2-7-16)3-10-22(34)40-13-21-24(35)26(37)28(39)30(43-21)41-18-11-19(33)23-20(12-18)42-29(27(38)25(23)36)15-4-8-17(32)9-5-15/h1-12,21,24,26,28,30-33,35,37-39H,13H2/b10-3+/t21-,24-,26+,28-,30-/m1/s1. The molecule has 0 bridgehead atoms. The van der Waals surface area contributed by atoms with Crippen molar-refractivity contribution in [3.05, 3.63) is 82.5 Å². The zero-order valence-electron chi connectivity index (χ0n) is 22.1. The lowest BCUT2D eigenvalue weighted by molar-refractivity contribution is -0.278. The van der Waals surface area contributed by atoms with Crippen LogP contribution in [0.4, 0.5) is 0 Å². The molecule has 0 radical (unpaired) electrons. The highest BCUT2D eigenvalue weighted by atomic mass is 16.7. The molecule has 4 aromatic rings. The molecule has 0 aliphatic carbocycles. The number of fused-ring (bicyclic) bond motifs is 1. The summed E-state index contributed by atoms with van der Waals surface area (Å²) in [4.78, 5) is 25.0. The second kappa shape index (κ2) is 12.0. The van der Waals surface area contributed by atoms with Crippen molar-refractivity contribution in [3.63, 3.8) is 0 Å². The Morgan fingerprint density at radius 3 is 2.19 bits per heavy atom. The molecule has 224 valence electrons. The van der Waals surface area contributed by atoms with Crippen molar-refractivity contribution >= 4 is 23.0 Å². The second-order valence-corrected chi connectivity index (χ2v) is 9.66. The number of phenolic OH excluding ortho intramolecular Hbond substituents is 3. The van der Waals surface area contributed by atoms with Crippen LogP contribution in [0.15, 0.2) is 76.0 Å². The minimum Gasteiger partial charge on any atom is -0.508 e. The average Bonchev–Trinajstić information content (AvgIpc) is 2.98. The van der Waals surface area contributed by atoms with E-state index < -0.39 is 60.2 Å². The van der Waals surface area contributed by atoms with Crippen LogP contribution in [0, 0.1) is 0 Å². The fourth-order valence-corrected chi connectivity index (χ4v) is 4.39. The number of ether oxygens (including phenoxy) is 3. The molecular formula is C30H26O13. The summed E-state index contributed by atoms with van der Waals surface area (Å²) in [6.45, 7) is -0.531. The summed E-state index contributed by atoms with van der Waals surface area (Å²) in [5.74, 6) is -2.65. The van der Waals surface area contributed by atoms with Crippen molar-refractivity contribution in [2.45, 2.75) is 30.7 Å². The Morgan fingerprint density at radius 1 is 0.860 bits per heavy atom. The van der Waals surface area contributed by atoms with Gasteiger partial charge in [-0.25, -0.2) is 4.79 Å². The Balaban J connectivity index is 1.34. The van der Waals surface area contributed by atoms with Crippen molar-refractivity contribution in [2.24, 2.45) is 0 Å². The van der Waals surface area contributed by atoms with Gasteiger partial charge in [-0.05, 0) is 48.0 Å². The molecule has 43 heavy (non-hydrogen) atoms. The van der Waals surface area contributed by atoms with Crippen molar-refractivity contribution < 1.29 is 59.2 Å². The van der Waals surface area contributed by atoms with Gasteiger partial charge in [0.25, 0.3) is 0 Å². The van der Waals surface area contributed by atoms with E-state index in [1.54, 1.807) is 12.1 Å². The molecule has 0 unspecified atom stereocenters. The summed E-state index contributed by atoms with van der Waals surface area (Å²) < 4.78 is 22.0. The van der Waals surface area contributed by atoms with Crippen LogP contribution in [0.3, 0.4) is 0 Å². The lowest BCUT2D eigenvalue weighted by Crippen LogP contribution is -2.60. The molecule has 1 fully saturated rings. The van der Waals surface area contributed by atoms with Gasteiger partial charge in [0.1, 0.15) is 65.0 Å². The maximum atomic E-state index is 12.8. The summed E-state index contributed by atoms with van der Waals surface area (Å²) in [5.41, 5.74) is -0.297. The number of carbonyl (C=O) groups is 1. The van der Waals surface area contributed by atoms with Gasteiger partial charge in [-0.3, -0.25) is 4.79 Å². The van der Waals surface area contributed by atoms with Crippen LogP contribution < -0.4 is 10.2 Å². The van der Waals surface area contributed by atoms with Crippen LogP contribution in [-0.2, 0) is 14.3 Å². The third kappa shape index (κ3) is 6.24. The van der Waals surface area contributed by atoms with E-state index in [1.165, 1.54) is 48.5 Å². The van der Waals surface area contributed by atoms with Crippen LogP contribution in [-0.4, -0.2) is 79.0 Å². The van der Waals surface area contributed by atoms with Crippen LogP contribution >= 0.6 is 0 Å². The highest BCUT2D eigenvalue weighted by molar-refractivity contribution is 5.88. The quantitative estimate of drug-likeness (QED) is 0.120. The first kappa shape index (κ1) is 29.4. The maximum Gasteiger partial charge on any atom is 0.330 e. The predicted octanol–water partition coefficient (Wildman–Crippen LogP) is 1.73. The molecule has 5 rings (SSSR count). The van der Waals surface area contributed by atoms with E-state index in [-0.39, 0.29) is 39.5 Å². The van der Waals surface area contributed by atoms with Gasteiger partial charge < -0.3 is 54.4 Å². The fourth-order valence-electron chi connectivity index (χ4n) is 4.39. The summed E-state index contributed by atoms with van der Waals surface area (Å²) in [7, 11) is 0. The zero-order chi connectivity index (χ0) is 30.8. The van der Waals surface area contributed by atoms with Crippen LogP contribution in [0.1, 0.15) is 5.56 Å². The number of carbonyl (C=O) groups excluding carboxylic acids is 1. The highest BCUT2D eigenvalue weighted by Crippen LogP contribution is 2.36. The third-order valence-corrected chi connectivity index (χ3v) is 6.67. The Kier molecular flexibility index (Phi) is 8.23. The molecule has 7 N–H and O–H groups in total. The molecule has 2 heterocycles. The van der Waals surface area contributed by atoms with E-state index in [0.29, 0.717) is 5.56 Å². The fraction of sp³-hybridized carbons (Fsp3) is 0.200. The minimum absolute atomic E-state index is 0.0576. The highest BCUT2D eigenvalue weighted by Gasteiger charge is 2.45. The Morgan fingerprint density at radius 2 is 1.51 bits per heavy atom. The molecule has 3 aromatic carbocycles. The van der Waals surface area contributed by atoms with E-state index in [4.69, 9.17) is 18.6 Å². The molecule has 5 atom stereocenters. The van der Waals surface area contributed by atoms with E-state index in [1.807, 2.05) is 0 Å². The molecule has 0 spiro atoms. The lowest BCUT2D eigenvalue weighted by Gasteiger charge is -2.39. The third-order valence-electron chi connectivity index (χ3n) is 6.67. The van der Waals surface area contributed by atoms with Gasteiger partial charge in [0.2, 0.25) is 17.5 Å². The first-order chi connectivity index (χ1) is 20.5. The van der Waals surface area contributed by atoms with Gasteiger partial charge in [0.15, 0.2) is 5.76 Å². The van der Waals surface area contributed by atoms with Crippen molar-refractivity contribution in [2.75, 3.05) is 6.61 Å². The Bertz CT molecular complexity index is 1710. The van der Waals surface area contributed by atoms with Gasteiger partial charge in [0, 0.05) is 23.8 Å². The zero-order valence-corrected chi connectivity index (χ0v) is 22.1. The number of rotatable bonds is 7. The number of hydrogen-bond acceptors (Lipinski definition) is 13. The number of esters is 1. The maximum absolute atomic E-state index is 12.8. The molecule has 0 amide bonds. The molecule has 1 aromatic heterocycles. The molecule has 1 saturated heterocycles. The van der Waals surface area contributed by atoms with Crippen molar-refractivity contribution in [3.8, 4) is 40.1 Å². The van der Waals surface area contributed by atoms with Gasteiger partial charge in [-0.15, -0.1) is 0 Å². The van der Waals surface area contributed by atoms with E-state index >= 15 is 0 Å². The number of hydrogen-bond donors (Lipinski definition) is 7. The normalized spacial score (nSPS) is 22.1. The van der Waals surface area contributed by atoms with E-state index in [2.05, 4.69) is 0 Å². The lowest BCUT2D eigenvalue weighted by atomic mass is 9.99. The average molecular weight is 595 g/mol. The largest absolute Gasteiger partial charge is 0.508 e. The summed E-state index contributed by atoms with van der Waals surface area (Å²) in [6.07, 6.45) is -5.65. The number of aliphatic hydroxyl groups excluding tert-OH is 3. The molecule has 13 heteroatoms. The van der Waals surface area contributed by atoms with Gasteiger partial charge >= 0.3 is 5.97 Å². The van der Waals surface area contributed by atoms with Crippen molar-refractivity contribution in [1.29, 1.82) is 0 Å². The summed E-state index contributed by atoms with van der Waals surface area (Å²) >= 11 is 0.